The number of amides is 2. The molecule has 17 heavy (non-hydrogen) atoms. The van der Waals surface area contributed by atoms with Gasteiger partial charge in [-0.25, -0.2) is 4.79 Å². The molecule has 0 atom stereocenters. The second kappa shape index (κ2) is 5.43. The molecule has 0 aliphatic rings. The van der Waals surface area contributed by atoms with Gasteiger partial charge in [0.15, 0.2) is 0 Å². The van der Waals surface area contributed by atoms with Crippen LogP contribution in [0.1, 0.15) is 5.56 Å². The van der Waals surface area contributed by atoms with Gasteiger partial charge < -0.3 is 14.8 Å². The average Bonchev–Trinajstić information content (AvgIpc) is 2.36. The van der Waals surface area contributed by atoms with Crippen molar-refractivity contribution in [1.29, 1.82) is 0 Å². The minimum Gasteiger partial charge on any atom is -0.496 e. The molecule has 0 saturated heterocycles. The topological polar surface area (TPSA) is 50.8 Å². The Labute approximate surface area is 101 Å². The van der Waals surface area contributed by atoms with E-state index in [1.54, 1.807) is 34.4 Å². The first-order chi connectivity index (χ1) is 8.06. The molecular weight excluding hydrogens is 220 g/mol. The zero-order chi connectivity index (χ0) is 13.0. The van der Waals surface area contributed by atoms with Crippen LogP contribution in [-0.2, 0) is 0 Å². The number of anilines is 1. The maximum absolute atomic E-state index is 11.6. The molecule has 0 aliphatic carbocycles. The summed E-state index contributed by atoms with van der Waals surface area (Å²) in [6.45, 7) is 1.89. The van der Waals surface area contributed by atoms with Crippen LogP contribution < -0.4 is 19.7 Å². The molecule has 94 valence electrons. The van der Waals surface area contributed by atoms with Gasteiger partial charge in [-0.3, -0.25) is 4.90 Å². The zero-order valence-corrected chi connectivity index (χ0v) is 10.8. The smallest absolute Gasteiger partial charge is 0.321 e. The molecule has 1 aromatic rings. The van der Waals surface area contributed by atoms with Crippen molar-refractivity contribution in [2.24, 2.45) is 0 Å². The predicted octanol–water partition coefficient (Wildman–Crippen LogP) is 1.79. The van der Waals surface area contributed by atoms with E-state index >= 15 is 0 Å². The van der Waals surface area contributed by atoms with E-state index in [9.17, 15) is 4.79 Å². The maximum Gasteiger partial charge on any atom is 0.321 e. The summed E-state index contributed by atoms with van der Waals surface area (Å²) in [4.78, 5) is 13.1. The highest BCUT2D eigenvalue weighted by atomic mass is 16.5. The van der Waals surface area contributed by atoms with Crippen LogP contribution >= 0.6 is 0 Å². The van der Waals surface area contributed by atoms with Gasteiger partial charge in [0.25, 0.3) is 0 Å². The summed E-state index contributed by atoms with van der Waals surface area (Å²) in [5, 5.41) is 2.56. The zero-order valence-electron chi connectivity index (χ0n) is 10.8. The quantitative estimate of drug-likeness (QED) is 0.873. The highest BCUT2D eigenvalue weighted by Crippen LogP contribution is 2.36. The highest BCUT2D eigenvalue weighted by Gasteiger charge is 2.17. The number of hydrogen-bond acceptors (Lipinski definition) is 3. The molecule has 0 aromatic heterocycles. The van der Waals surface area contributed by atoms with Gasteiger partial charge in [0.1, 0.15) is 11.5 Å². The largest absolute Gasteiger partial charge is 0.496 e. The summed E-state index contributed by atoms with van der Waals surface area (Å²) in [7, 11) is 6.44. The number of urea groups is 1. The molecule has 1 rings (SSSR count). The predicted molar refractivity (Wildman–Crippen MR) is 67.1 cm³/mol. The van der Waals surface area contributed by atoms with Crippen LogP contribution in [0, 0.1) is 6.92 Å². The van der Waals surface area contributed by atoms with E-state index in [-0.39, 0.29) is 6.03 Å². The fourth-order valence-corrected chi connectivity index (χ4v) is 1.68. The van der Waals surface area contributed by atoms with Crippen LogP contribution in [0.25, 0.3) is 0 Å². The van der Waals surface area contributed by atoms with E-state index in [1.165, 1.54) is 4.90 Å². The van der Waals surface area contributed by atoms with Crippen LogP contribution in [0.4, 0.5) is 10.5 Å². The fourth-order valence-electron chi connectivity index (χ4n) is 1.68. The van der Waals surface area contributed by atoms with Crippen molar-refractivity contribution in [2.45, 2.75) is 6.92 Å². The molecule has 0 heterocycles. The summed E-state index contributed by atoms with van der Waals surface area (Å²) in [6, 6.07) is 3.40. The first-order valence-electron chi connectivity index (χ1n) is 5.23. The molecule has 0 unspecified atom stereocenters. The minimum absolute atomic E-state index is 0.201. The summed E-state index contributed by atoms with van der Waals surface area (Å²) < 4.78 is 10.5. The Hall–Kier alpha value is -1.91. The van der Waals surface area contributed by atoms with E-state index in [0.29, 0.717) is 11.4 Å². The second-order valence-corrected chi connectivity index (χ2v) is 3.56. The third kappa shape index (κ3) is 2.43. The lowest BCUT2D eigenvalue weighted by Gasteiger charge is -2.21. The lowest BCUT2D eigenvalue weighted by atomic mass is 10.1. The number of ether oxygens (including phenoxy) is 2. The van der Waals surface area contributed by atoms with Crippen LogP contribution in [-0.4, -0.2) is 34.3 Å². The average molecular weight is 238 g/mol. The van der Waals surface area contributed by atoms with E-state index in [4.69, 9.17) is 9.47 Å². The number of benzene rings is 1. The molecule has 1 N–H and O–H groups in total. The summed E-state index contributed by atoms with van der Waals surface area (Å²) >= 11 is 0. The van der Waals surface area contributed by atoms with Crippen molar-refractivity contribution < 1.29 is 14.3 Å². The molecule has 2 amide bonds. The molecule has 0 fully saturated rings. The van der Waals surface area contributed by atoms with E-state index < -0.39 is 0 Å². The Kier molecular flexibility index (Phi) is 4.20. The van der Waals surface area contributed by atoms with Gasteiger partial charge in [-0.15, -0.1) is 0 Å². The molecule has 0 spiro atoms. The van der Waals surface area contributed by atoms with Crippen LogP contribution in [0.2, 0.25) is 0 Å². The molecule has 1 aromatic carbocycles. The number of methoxy groups -OCH3 is 2. The Balaban J connectivity index is 3.25. The van der Waals surface area contributed by atoms with Crippen LogP contribution in [0.3, 0.4) is 0 Å². The number of carbonyl (C=O) groups excluding carboxylic acids is 1. The van der Waals surface area contributed by atoms with Gasteiger partial charge in [0.05, 0.1) is 19.9 Å². The van der Waals surface area contributed by atoms with Crippen molar-refractivity contribution in [3.05, 3.63) is 17.7 Å². The Morgan fingerprint density at radius 2 is 1.94 bits per heavy atom. The first-order valence-corrected chi connectivity index (χ1v) is 5.23. The SMILES string of the molecule is CNC(=O)N(C)c1ccc(OC)c(C)c1OC. The number of hydrogen-bond donors (Lipinski definition) is 1. The molecular formula is C12H18N2O3. The summed E-state index contributed by atoms with van der Waals surface area (Å²) in [5.41, 5.74) is 1.56. The monoisotopic (exact) mass is 238 g/mol. The van der Waals surface area contributed by atoms with Crippen molar-refractivity contribution in [3.63, 3.8) is 0 Å². The van der Waals surface area contributed by atoms with Gasteiger partial charge in [0.2, 0.25) is 0 Å². The Morgan fingerprint density at radius 3 is 2.41 bits per heavy atom. The van der Waals surface area contributed by atoms with E-state index in [1.807, 2.05) is 13.0 Å². The third-order valence-corrected chi connectivity index (χ3v) is 2.64. The second-order valence-electron chi connectivity index (χ2n) is 3.56. The molecule has 0 radical (unpaired) electrons. The van der Waals surface area contributed by atoms with Crippen molar-refractivity contribution in [1.82, 2.24) is 5.32 Å². The Bertz CT molecular complexity index is 418. The third-order valence-electron chi connectivity index (χ3n) is 2.64. The fraction of sp³-hybridized carbons (Fsp3) is 0.417. The lowest BCUT2D eigenvalue weighted by Crippen LogP contribution is -2.35. The number of carbonyl (C=O) groups is 1. The summed E-state index contributed by atoms with van der Waals surface area (Å²) in [5.74, 6) is 1.37. The van der Waals surface area contributed by atoms with E-state index in [2.05, 4.69) is 5.32 Å². The van der Waals surface area contributed by atoms with Gasteiger partial charge in [-0.2, -0.15) is 0 Å². The standard InChI is InChI=1S/C12H18N2O3/c1-8-10(16-4)7-6-9(11(8)17-5)14(3)12(15)13-2/h6-7H,1-5H3,(H,13,15). The minimum atomic E-state index is -0.201. The van der Waals surface area contributed by atoms with Gasteiger partial charge in [-0.1, -0.05) is 0 Å². The Morgan fingerprint density at radius 1 is 1.29 bits per heavy atom. The molecule has 0 aliphatic heterocycles. The lowest BCUT2D eigenvalue weighted by molar-refractivity contribution is 0.249. The molecule has 5 heteroatoms. The number of nitrogens with one attached hydrogen (secondary N) is 1. The van der Waals surface area contributed by atoms with E-state index in [0.717, 1.165) is 11.3 Å². The first kappa shape index (κ1) is 13.2. The van der Waals surface area contributed by atoms with Crippen LogP contribution in [0.15, 0.2) is 12.1 Å². The number of nitrogens with zero attached hydrogens (tertiary/aromatic N) is 1. The van der Waals surface area contributed by atoms with Gasteiger partial charge in [0, 0.05) is 19.7 Å². The van der Waals surface area contributed by atoms with Gasteiger partial charge in [-0.05, 0) is 19.1 Å². The van der Waals surface area contributed by atoms with Gasteiger partial charge >= 0.3 is 6.03 Å². The molecule has 0 bridgehead atoms. The normalized spacial score (nSPS) is 9.71. The number of rotatable bonds is 3. The molecule has 0 saturated carbocycles. The molecule has 5 nitrogen and oxygen atoms in total. The highest BCUT2D eigenvalue weighted by molar-refractivity contribution is 5.93. The maximum atomic E-state index is 11.6. The van der Waals surface area contributed by atoms with Crippen molar-refractivity contribution in [2.75, 3.05) is 33.2 Å². The van der Waals surface area contributed by atoms with Crippen molar-refractivity contribution in [3.8, 4) is 11.5 Å². The summed E-state index contributed by atoms with van der Waals surface area (Å²) in [6.07, 6.45) is 0. The van der Waals surface area contributed by atoms with Crippen LogP contribution in [0.5, 0.6) is 11.5 Å². The van der Waals surface area contributed by atoms with Crippen molar-refractivity contribution >= 4 is 11.7 Å².